The highest BCUT2D eigenvalue weighted by Gasteiger charge is 2.31. The van der Waals surface area contributed by atoms with Crippen molar-refractivity contribution in [1.29, 1.82) is 0 Å². The van der Waals surface area contributed by atoms with Crippen LogP contribution in [0.3, 0.4) is 0 Å². The van der Waals surface area contributed by atoms with Crippen molar-refractivity contribution in [3.63, 3.8) is 0 Å². The molecule has 0 saturated carbocycles. The summed E-state index contributed by atoms with van der Waals surface area (Å²) < 4.78 is 27.0. The average Bonchev–Trinajstić information content (AvgIpc) is 0.856. The second kappa shape index (κ2) is 31.3. The molecule has 0 aliphatic carbocycles. The number of phenols is 4. The molecule has 0 bridgehead atoms. The molecule has 0 fully saturated rings. The van der Waals surface area contributed by atoms with Gasteiger partial charge < -0.3 is 44.1 Å². The largest absolute Gasteiger partial charge is 0.507 e. The van der Waals surface area contributed by atoms with E-state index in [1.165, 1.54) is 0 Å². The third-order valence-corrected chi connectivity index (χ3v) is 15.7. The Morgan fingerprint density at radius 1 is 0.270 bits per heavy atom. The van der Waals surface area contributed by atoms with Gasteiger partial charge in [-0.3, -0.25) is 19.2 Å². The second-order valence-corrected chi connectivity index (χ2v) is 32.4. The number of hydrogen-bond donors (Lipinski definition) is 4. The molecule has 89 heavy (non-hydrogen) atoms. The maximum Gasteiger partial charge on any atom is 0.306 e. The fourth-order valence-corrected chi connectivity index (χ4v) is 10.3. The van der Waals surface area contributed by atoms with E-state index in [0.29, 0.717) is 61.5 Å². The number of hydrogen-bond acceptors (Lipinski definition) is 13. The number of carbonyl (C=O) groups is 4. The van der Waals surface area contributed by atoms with Crippen molar-refractivity contribution in [2.45, 2.75) is 274 Å². The Morgan fingerprint density at radius 3 is 0.584 bits per heavy atom. The van der Waals surface area contributed by atoms with Crippen LogP contribution in [-0.2, 0) is 112 Å². The molecule has 0 aromatic heterocycles. The molecule has 4 aromatic rings. The molecule has 0 aliphatic rings. The lowest BCUT2D eigenvalue weighted by Crippen LogP contribution is -2.18. The van der Waals surface area contributed by atoms with E-state index in [1.807, 2.05) is 48.5 Å². The molecule has 498 valence electrons. The second-order valence-electron chi connectivity index (χ2n) is 32.4. The Balaban J connectivity index is 0.000000465. The van der Waals surface area contributed by atoms with Gasteiger partial charge in [0.1, 0.15) is 36.2 Å². The van der Waals surface area contributed by atoms with Crippen LogP contribution in [-0.4, -0.2) is 83.9 Å². The van der Waals surface area contributed by atoms with Crippen molar-refractivity contribution in [2.75, 3.05) is 39.6 Å². The number of phenolic OH excluding ortho intramolecular Hbond substituents is 4. The quantitative estimate of drug-likeness (QED) is 0.0311. The first-order valence-electron chi connectivity index (χ1n) is 32.2. The summed E-state index contributed by atoms with van der Waals surface area (Å²) >= 11 is 0. The first-order chi connectivity index (χ1) is 40.5. The van der Waals surface area contributed by atoms with Crippen molar-refractivity contribution in [1.82, 2.24) is 0 Å². The fourth-order valence-electron chi connectivity index (χ4n) is 10.3. The van der Waals surface area contributed by atoms with Crippen molar-refractivity contribution >= 4 is 23.9 Å². The summed E-state index contributed by atoms with van der Waals surface area (Å²) in [6, 6.07) is 15.9. The van der Waals surface area contributed by atoms with E-state index < -0.39 is 0 Å². The molecule has 4 N–H and O–H groups in total. The first kappa shape index (κ1) is 77.2. The number of carbonyl (C=O) groups excluding carboxylic acids is 4. The number of ether oxygens (including phenoxy) is 5. The Labute approximate surface area is 536 Å². The number of aromatic hydroxyl groups is 4. The minimum Gasteiger partial charge on any atom is -0.507 e. The zero-order valence-corrected chi connectivity index (χ0v) is 59.4. The Kier molecular flexibility index (Phi) is 27.1. The van der Waals surface area contributed by atoms with Crippen LogP contribution in [0.1, 0.15) is 271 Å². The molecule has 0 aliphatic heterocycles. The van der Waals surface area contributed by atoms with E-state index in [1.54, 1.807) is 0 Å². The number of benzene rings is 4. The van der Waals surface area contributed by atoms with E-state index in [9.17, 15) is 39.6 Å². The average molecular weight is 1240 g/mol. The van der Waals surface area contributed by atoms with Gasteiger partial charge in [0.25, 0.3) is 0 Å². The van der Waals surface area contributed by atoms with E-state index in [2.05, 4.69) is 166 Å². The maximum absolute atomic E-state index is 12.4. The molecule has 0 spiro atoms. The molecule has 13 heteroatoms. The molecule has 13 nitrogen and oxygen atoms in total. The molecule has 0 atom stereocenters. The third kappa shape index (κ3) is 24.9. The highest BCUT2D eigenvalue weighted by atomic mass is 16.6. The Bertz CT molecular complexity index is 2670. The summed E-state index contributed by atoms with van der Waals surface area (Å²) in [7, 11) is 0. The van der Waals surface area contributed by atoms with Crippen molar-refractivity contribution in [3.05, 3.63) is 115 Å². The minimum absolute atomic E-state index is 0.121. The van der Waals surface area contributed by atoms with Gasteiger partial charge in [-0.05, 0) is 149 Å². The number of aryl methyl sites for hydroxylation is 4. The highest BCUT2D eigenvalue weighted by molar-refractivity contribution is 5.71. The predicted molar refractivity (Wildman–Crippen MR) is 359 cm³/mol. The first-order valence-corrected chi connectivity index (χ1v) is 32.2. The van der Waals surface area contributed by atoms with Gasteiger partial charge in [0.05, 0.1) is 26.4 Å². The monoisotopic (exact) mass is 1240 g/mol. The highest BCUT2D eigenvalue weighted by Crippen LogP contribution is 2.44. The van der Waals surface area contributed by atoms with Gasteiger partial charge in [-0.1, -0.05) is 215 Å². The lowest BCUT2D eigenvalue weighted by Gasteiger charge is -2.28. The van der Waals surface area contributed by atoms with Crippen molar-refractivity contribution in [2.24, 2.45) is 0 Å². The molecular formula is C76H116O13. The van der Waals surface area contributed by atoms with Gasteiger partial charge in [-0.15, -0.1) is 0 Å². The van der Waals surface area contributed by atoms with E-state index in [4.69, 9.17) is 23.7 Å². The van der Waals surface area contributed by atoms with Crippen molar-refractivity contribution < 1.29 is 63.3 Å². The molecule has 0 saturated heterocycles. The molecule has 0 heterocycles. The van der Waals surface area contributed by atoms with Gasteiger partial charge in [0.15, 0.2) is 0 Å². The van der Waals surface area contributed by atoms with Crippen molar-refractivity contribution in [3.8, 4) is 23.0 Å². The fraction of sp³-hybridized carbons (Fsp3) is 0.632. The van der Waals surface area contributed by atoms with E-state index in [0.717, 1.165) is 66.8 Å². The summed E-state index contributed by atoms with van der Waals surface area (Å²) in [6.45, 7) is 50.9. The van der Waals surface area contributed by atoms with Crippen LogP contribution in [0.5, 0.6) is 23.0 Å². The van der Waals surface area contributed by atoms with Gasteiger partial charge in [0, 0.05) is 25.7 Å². The maximum atomic E-state index is 12.4. The van der Waals surface area contributed by atoms with Crippen LogP contribution < -0.4 is 0 Å². The van der Waals surface area contributed by atoms with E-state index in [-0.39, 0.29) is 133 Å². The van der Waals surface area contributed by atoms with Gasteiger partial charge in [0.2, 0.25) is 0 Å². The van der Waals surface area contributed by atoms with Crippen LogP contribution in [0.15, 0.2) is 48.5 Å². The molecule has 0 amide bonds. The lowest BCUT2D eigenvalue weighted by molar-refractivity contribution is -0.147. The molecule has 0 radical (unpaired) electrons. The molecule has 0 unspecified atom stereocenters. The van der Waals surface area contributed by atoms with Crippen LogP contribution in [0.4, 0.5) is 0 Å². The van der Waals surface area contributed by atoms with E-state index >= 15 is 0 Å². The van der Waals surface area contributed by atoms with Crippen LogP contribution in [0, 0.1) is 0 Å². The summed E-state index contributed by atoms with van der Waals surface area (Å²) in [5.41, 5.74) is 9.23. The molecule has 4 rings (SSSR count). The zero-order valence-electron chi connectivity index (χ0n) is 59.4. The van der Waals surface area contributed by atoms with Gasteiger partial charge >= 0.3 is 23.9 Å². The summed E-state index contributed by atoms with van der Waals surface area (Å²) in [5, 5.41) is 43.6. The Morgan fingerprint density at radius 2 is 0.427 bits per heavy atom. The summed E-state index contributed by atoms with van der Waals surface area (Å²) in [4.78, 5) is 49.6. The van der Waals surface area contributed by atoms with Crippen LogP contribution in [0.2, 0.25) is 0 Å². The third-order valence-electron chi connectivity index (χ3n) is 15.7. The zero-order chi connectivity index (χ0) is 68.1. The van der Waals surface area contributed by atoms with Gasteiger partial charge in [-0.2, -0.15) is 0 Å². The minimum atomic E-state index is -0.314. The number of rotatable bonds is 23. The topological polar surface area (TPSA) is 195 Å². The lowest BCUT2D eigenvalue weighted by atomic mass is 9.78. The number of unbranched alkanes of at least 4 members (excludes halogenated alkanes) is 1. The molecule has 4 aromatic carbocycles. The summed E-state index contributed by atoms with van der Waals surface area (Å²) in [6.07, 6.45) is 4.32. The van der Waals surface area contributed by atoms with Crippen LogP contribution in [0.25, 0.3) is 0 Å². The smallest absolute Gasteiger partial charge is 0.306 e. The van der Waals surface area contributed by atoms with Crippen LogP contribution >= 0.6 is 0 Å². The SMILES string of the molecule is CC(C)(C)c1cc(CCC(=O)OCCCCOC(=O)CCc2cc(C(C)(C)C)c(O)c(C(C)(C)C)c2)cc(C(C)(C)C)c1O.CC(C)(C)c1cc(CCC(=O)OCCOCCOC(=O)CCc2cc(C(C)(C)C)c(O)c(C(C)(C)C)c2)cc(C(C)(C)C)c1O. The van der Waals surface area contributed by atoms with Gasteiger partial charge in [-0.25, -0.2) is 0 Å². The standard InChI is InChI=1S/C38H58O7.C38H58O6/c1-35(2,3)27-21-25(22-28(33(27)41)36(4,5)6)13-15-31(39)44-19-17-43-18-20-45-32(40)16-14-26-23-29(37(7,8)9)34(42)30(24-26)38(10,11)12;1-35(2,3)27-21-25(22-28(33(27)41)36(4,5)6)15-17-31(39)43-19-13-14-20-44-32(40)18-16-26-23-29(37(7,8)9)34(42)30(24-26)38(10,11)12/h21-24,41-42H,13-20H2,1-12H3;21-24,41-42H,13-20H2,1-12H3. The Hall–Kier alpha value is -6.08. The molecular weight excluding hydrogens is 1120 g/mol. The number of esters is 4. The predicted octanol–water partition coefficient (Wildman–Crippen LogP) is 16.7. The normalized spacial score (nSPS) is 12.7. The summed E-state index contributed by atoms with van der Waals surface area (Å²) in [5.74, 6) is 0.170.